The van der Waals surface area contributed by atoms with Gasteiger partial charge in [0.25, 0.3) is 0 Å². The maximum atomic E-state index is 10.3. The Kier molecular flexibility index (Phi) is 8.92. The van der Waals surface area contributed by atoms with Crippen molar-refractivity contribution >= 4 is 0 Å². The van der Waals surface area contributed by atoms with E-state index in [4.69, 9.17) is 9.47 Å². The van der Waals surface area contributed by atoms with E-state index in [0.717, 1.165) is 45.1 Å². The first kappa shape index (κ1) is 24.5. The lowest BCUT2D eigenvalue weighted by Crippen LogP contribution is -2.45. The molecule has 1 saturated heterocycles. The minimum atomic E-state index is -0.547. The Bertz CT molecular complexity index is 833. The van der Waals surface area contributed by atoms with Crippen LogP contribution in [0.3, 0.4) is 0 Å². The summed E-state index contributed by atoms with van der Waals surface area (Å²) in [5.41, 5.74) is 1.20. The highest BCUT2D eigenvalue weighted by Crippen LogP contribution is 2.29. The van der Waals surface area contributed by atoms with Gasteiger partial charge in [0.2, 0.25) is 0 Å². The number of nitrogens with zero attached hydrogens (tertiary/aromatic N) is 5. The number of aryl methyl sites for hydroxylation is 1. The van der Waals surface area contributed by atoms with Crippen molar-refractivity contribution in [3.63, 3.8) is 0 Å². The van der Waals surface area contributed by atoms with E-state index in [9.17, 15) is 5.11 Å². The lowest BCUT2D eigenvalue weighted by atomic mass is 10.1. The van der Waals surface area contributed by atoms with Crippen molar-refractivity contribution in [3.8, 4) is 11.5 Å². The van der Waals surface area contributed by atoms with Gasteiger partial charge < -0.3 is 24.0 Å². The summed E-state index contributed by atoms with van der Waals surface area (Å²) in [4.78, 5) is 11.5. The van der Waals surface area contributed by atoms with E-state index in [-0.39, 0.29) is 6.61 Å². The van der Waals surface area contributed by atoms with Crippen molar-refractivity contribution in [1.29, 1.82) is 0 Å². The first-order chi connectivity index (χ1) is 15.4. The van der Waals surface area contributed by atoms with Crippen molar-refractivity contribution in [2.45, 2.75) is 39.1 Å². The molecule has 0 amide bonds. The zero-order valence-electron chi connectivity index (χ0n) is 20.2. The Morgan fingerprint density at radius 1 is 1.09 bits per heavy atom. The molecular weight excluding hydrogens is 406 g/mol. The molecule has 0 radical (unpaired) electrons. The average molecular weight is 446 g/mol. The van der Waals surface area contributed by atoms with Gasteiger partial charge >= 0.3 is 0 Å². The van der Waals surface area contributed by atoms with Gasteiger partial charge in [0, 0.05) is 64.8 Å². The third kappa shape index (κ3) is 6.93. The number of likely N-dealkylation sites (N-methyl/N-ethyl adjacent to an activating group) is 1. The molecule has 178 valence electrons. The van der Waals surface area contributed by atoms with Crippen LogP contribution in [0, 0.1) is 0 Å². The monoisotopic (exact) mass is 445 g/mol. The molecule has 1 aliphatic rings. The van der Waals surface area contributed by atoms with Crippen LogP contribution in [-0.2, 0) is 20.1 Å². The number of methoxy groups -OCH3 is 1. The topological polar surface area (TPSA) is 66.2 Å². The molecule has 1 atom stereocenters. The number of piperazine rings is 1. The van der Waals surface area contributed by atoms with Gasteiger partial charge in [0.1, 0.15) is 18.5 Å². The third-order valence-corrected chi connectivity index (χ3v) is 6.20. The summed E-state index contributed by atoms with van der Waals surface area (Å²) >= 11 is 0. The van der Waals surface area contributed by atoms with Crippen LogP contribution in [0.5, 0.6) is 11.5 Å². The number of hydrogen-bond donors (Lipinski definition) is 1. The van der Waals surface area contributed by atoms with Crippen LogP contribution >= 0.6 is 0 Å². The Labute approximate surface area is 192 Å². The number of imidazole rings is 1. The van der Waals surface area contributed by atoms with Gasteiger partial charge in [-0.05, 0) is 38.6 Å². The fraction of sp³-hybridized carbons (Fsp3) is 0.625. The summed E-state index contributed by atoms with van der Waals surface area (Å²) in [7, 11) is 5.71. The normalized spacial score (nSPS) is 16.6. The highest BCUT2D eigenvalue weighted by atomic mass is 16.5. The van der Waals surface area contributed by atoms with Gasteiger partial charge in [-0.25, -0.2) is 4.98 Å². The summed E-state index contributed by atoms with van der Waals surface area (Å²) in [5, 5.41) is 10.3. The minimum absolute atomic E-state index is 0.241. The lowest BCUT2D eigenvalue weighted by Gasteiger charge is -2.34. The number of hydrogen-bond acceptors (Lipinski definition) is 7. The minimum Gasteiger partial charge on any atom is -0.493 e. The van der Waals surface area contributed by atoms with Crippen LogP contribution in [0.15, 0.2) is 30.6 Å². The van der Waals surface area contributed by atoms with E-state index >= 15 is 0 Å². The van der Waals surface area contributed by atoms with Crippen LogP contribution < -0.4 is 9.47 Å². The SMILES string of the molecule is COc1cc(CN2CCN(Cc3nccn3C)CC2)ccc1OCC(O)CN(C)C(C)C. The molecule has 8 nitrogen and oxygen atoms in total. The van der Waals surface area contributed by atoms with E-state index in [1.165, 1.54) is 5.56 Å². The first-order valence-corrected chi connectivity index (χ1v) is 11.4. The zero-order chi connectivity index (χ0) is 23.1. The summed E-state index contributed by atoms with van der Waals surface area (Å²) in [6.45, 7) is 10.9. The molecule has 0 spiro atoms. The van der Waals surface area contributed by atoms with Crippen LogP contribution in [0.25, 0.3) is 0 Å². The summed E-state index contributed by atoms with van der Waals surface area (Å²) in [6, 6.07) is 6.47. The third-order valence-electron chi connectivity index (χ3n) is 6.20. The highest BCUT2D eigenvalue weighted by Gasteiger charge is 2.19. The molecule has 1 unspecified atom stereocenters. The van der Waals surface area contributed by atoms with Crippen LogP contribution in [-0.4, -0.2) is 95.0 Å². The first-order valence-electron chi connectivity index (χ1n) is 11.4. The molecule has 0 saturated carbocycles. The summed E-state index contributed by atoms with van der Waals surface area (Å²) in [5.74, 6) is 2.49. The molecule has 1 aromatic heterocycles. The second-order valence-electron chi connectivity index (χ2n) is 8.99. The molecule has 0 bridgehead atoms. The predicted octanol–water partition coefficient (Wildman–Crippen LogP) is 1.83. The van der Waals surface area contributed by atoms with Gasteiger partial charge in [0.15, 0.2) is 11.5 Å². The fourth-order valence-electron chi connectivity index (χ4n) is 3.82. The van der Waals surface area contributed by atoms with Crippen molar-refractivity contribution in [2.24, 2.45) is 7.05 Å². The molecule has 2 heterocycles. The van der Waals surface area contributed by atoms with E-state index in [0.29, 0.717) is 24.1 Å². The number of aromatic nitrogens is 2. The Hall–Kier alpha value is -2.13. The van der Waals surface area contributed by atoms with E-state index in [1.807, 2.05) is 38.6 Å². The van der Waals surface area contributed by atoms with Crippen LogP contribution in [0.1, 0.15) is 25.2 Å². The van der Waals surface area contributed by atoms with Gasteiger partial charge in [-0.3, -0.25) is 9.80 Å². The smallest absolute Gasteiger partial charge is 0.161 e. The predicted molar refractivity (Wildman–Crippen MR) is 126 cm³/mol. The van der Waals surface area contributed by atoms with E-state index < -0.39 is 6.10 Å². The van der Waals surface area contributed by atoms with Crippen molar-refractivity contribution < 1.29 is 14.6 Å². The number of aliphatic hydroxyl groups is 1. The van der Waals surface area contributed by atoms with Gasteiger partial charge in [-0.1, -0.05) is 6.07 Å². The lowest BCUT2D eigenvalue weighted by molar-refractivity contribution is 0.0668. The van der Waals surface area contributed by atoms with Gasteiger partial charge in [-0.15, -0.1) is 0 Å². The number of aliphatic hydroxyl groups excluding tert-OH is 1. The Balaban J connectivity index is 1.48. The van der Waals surface area contributed by atoms with E-state index in [2.05, 4.69) is 44.2 Å². The molecule has 0 aliphatic carbocycles. The van der Waals surface area contributed by atoms with Crippen molar-refractivity contribution in [3.05, 3.63) is 42.0 Å². The molecule has 8 heteroatoms. The molecule has 2 aromatic rings. The number of ether oxygens (including phenoxy) is 2. The summed E-state index contributed by atoms with van der Waals surface area (Å²) in [6.07, 6.45) is 3.31. The van der Waals surface area contributed by atoms with Crippen LogP contribution in [0.2, 0.25) is 0 Å². The van der Waals surface area contributed by atoms with Crippen molar-refractivity contribution in [2.75, 3.05) is 53.5 Å². The highest BCUT2D eigenvalue weighted by molar-refractivity contribution is 5.43. The fourth-order valence-corrected chi connectivity index (χ4v) is 3.82. The van der Waals surface area contributed by atoms with Crippen molar-refractivity contribution in [1.82, 2.24) is 24.3 Å². The largest absolute Gasteiger partial charge is 0.493 e. The molecule has 32 heavy (non-hydrogen) atoms. The maximum absolute atomic E-state index is 10.3. The molecular formula is C24H39N5O3. The average Bonchev–Trinajstić information content (AvgIpc) is 3.18. The maximum Gasteiger partial charge on any atom is 0.161 e. The second-order valence-corrected chi connectivity index (χ2v) is 8.99. The second kappa shape index (κ2) is 11.7. The quantitative estimate of drug-likeness (QED) is 0.566. The van der Waals surface area contributed by atoms with Gasteiger partial charge in [-0.2, -0.15) is 0 Å². The molecule has 3 rings (SSSR count). The summed E-state index contributed by atoms with van der Waals surface area (Å²) < 4.78 is 13.5. The Morgan fingerprint density at radius 2 is 1.78 bits per heavy atom. The molecule has 1 aromatic carbocycles. The van der Waals surface area contributed by atoms with Gasteiger partial charge in [0.05, 0.1) is 13.7 Å². The molecule has 1 N–H and O–H groups in total. The van der Waals surface area contributed by atoms with Crippen LogP contribution in [0.4, 0.5) is 0 Å². The number of rotatable bonds is 11. The Morgan fingerprint density at radius 3 is 2.38 bits per heavy atom. The standard InChI is InChI=1S/C24H39N5O3/c1-19(2)27(4)16-21(30)18-32-22-7-6-20(14-23(22)31-5)15-28-10-12-29(13-11-28)17-24-25-8-9-26(24)3/h6-9,14,19,21,30H,10-13,15-18H2,1-5H3. The number of benzene rings is 1. The molecule has 1 fully saturated rings. The zero-order valence-corrected chi connectivity index (χ0v) is 20.2. The molecule has 1 aliphatic heterocycles. The van der Waals surface area contributed by atoms with E-state index in [1.54, 1.807) is 7.11 Å².